The largest absolute Gasteiger partial charge is 0.395 e. The van der Waals surface area contributed by atoms with Gasteiger partial charge in [0.2, 0.25) is 0 Å². The van der Waals surface area contributed by atoms with E-state index in [1.165, 1.54) is 0 Å². The van der Waals surface area contributed by atoms with Crippen LogP contribution in [-0.2, 0) is 6.54 Å². The molecule has 0 amide bonds. The zero-order valence-corrected chi connectivity index (χ0v) is 14.5. The van der Waals surface area contributed by atoms with E-state index >= 15 is 0 Å². The minimum Gasteiger partial charge on any atom is -0.395 e. The Balaban J connectivity index is 1.98. The predicted molar refractivity (Wildman–Crippen MR) is 99.4 cm³/mol. The molecule has 0 fully saturated rings. The van der Waals surface area contributed by atoms with Crippen molar-refractivity contribution in [3.8, 4) is 16.9 Å². The standard InChI is InChI=1S/C20H24N4O/c1-2-11-23(12-13-25)15-18-16-24(19-8-4-3-5-9-19)22-20(18)17-7-6-10-21-14-17/h3-10,14,16,25H,2,11-13,15H2,1H3. The van der Waals surface area contributed by atoms with Crippen molar-refractivity contribution < 1.29 is 5.11 Å². The molecule has 1 N–H and O–H groups in total. The van der Waals surface area contributed by atoms with Crippen LogP contribution in [0.25, 0.3) is 16.9 Å². The second-order valence-electron chi connectivity index (χ2n) is 6.02. The lowest BCUT2D eigenvalue weighted by atomic mass is 10.1. The average Bonchev–Trinajstić information content (AvgIpc) is 3.07. The lowest BCUT2D eigenvalue weighted by Crippen LogP contribution is -2.27. The van der Waals surface area contributed by atoms with Gasteiger partial charge in [-0.2, -0.15) is 5.10 Å². The van der Waals surface area contributed by atoms with Crippen LogP contribution in [0.2, 0.25) is 0 Å². The summed E-state index contributed by atoms with van der Waals surface area (Å²) >= 11 is 0. The van der Waals surface area contributed by atoms with Crippen molar-refractivity contribution >= 4 is 0 Å². The average molecular weight is 336 g/mol. The van der Waals surface area contributed by atoms with Crippen LogP contribution in [0.4, 0.5) is 0 Å². The fraction of sp³-hybridized carbons (Fsp3) is 0.300. The third-order valence-corrected chi connectivity index (χ3v) is 4.10. The number of para-hydroxylation sites is 1. The van der Waals surface area contributed by atoms with Crippen LogP contribution in [0.5, 0.6) is 0 Å². The van der Waals surface area contributed by atoms with E-state index in [2.05, 4.69) is 23.0 Å². The Morgan fingerprint density at radius 3 is 2.60 bits per heavy atom. The molecule has 2 aromatic heterocycles. The number of aliphatic hydroxyl groups is 1. The van der Waals surface area contributed by atoms with Crippen molar-refractivity contribution in [3.63, 3.8) is 0 Å². The first-order chi connectivity index (χ1) is 12.3. The molecule has 0 unspecified atom stereocenters. The Labute approximate surface area is 148 Å². The molecule has 0 radical (unpaired) electrons. The number of hydrogen-bond donors (Lipinski definition) is 1. The molecule has 0 saturated carbocycles. The molecule has 3 rings (SSSR count). The van der Waals surface area contributed by atoms with Crippen LogP contribution >= 0.6 is 0 Å². The molecular formula is C20H24N4O. The highest BCUT2D eigenvalue weighted by atomic mass is 16.3. The Morgan fingerprint density at radius 2 is 1.92 bits per heavy atom. The number of aliphatic hydroxyl groups excluding tert-OH is 1. The highest BCUT2D eigenvalue weighted by Crippen LogP contribution is 2.24. The van der Waals surface area contributed by atoms with E-state index in [0.717, 1.165) is 42.0 Å². The topological polar surface area (TPSA) is 54.2 Å². The first-order valence-electron chi connectivity index (χ1n) is 8.69. The second kappa shape index (κ2) is 8.55. The molecule has 25 heavy (non-hydrogen) atoms. The molecule has 1 aromatic carbocycles. The van der Waals surface area contributed by atoms with Gasteiger partial charge in [0.05, 0.1) is 18.0 Å². The number of hydrogen-bond acceptors (Lipinski definition) is 4. The van der Waals surface area contributed by atoms with E-state index in [-0.39, 0.29) is 6.61 Å². The zero-order valence-electron chi connectivity index (χ0n) is 14.5. The highest BCUT2D eigenvalue weighted by Gasteiger charge is 2.15. The van der Waals surface area contributed by atoms with E-state index in [9.17, 15) is 5.11 Å². The second-order valence-corrected chi connectivity index (χ2v) is 6.02. The molecule has 130 valence electrons. The maximum absolute atomic E-state index is 9.34. The van der Waals surface area contributed by atoms with E-state index < -0.39 is 0 Å². The zero-order chi connectivity index (χ0) is 17.5. The van der Waals surface area contributed by atoms with Gasteiger partial charge in [-0.05, 0) is 37.2 Å². The number of rotatable bonds is 8. The summed E-state index contributed by atoms with van der Waals surface area (Å²) in [5.41, 5.74) is 4.12. The van der Waals surface area contributed by atoms with Crippen LogP contribution in [0, 0.1) is 0 Å². The van der Waals surface area contributed by atoms with Crippen molar-refractivity contribution in [2.24, 2.45) is 0 Å². The van der Waals surface area contributed by atoms with E-state index in [0.29, 0.717) is 6.54 Å². The van der Waals surface area contributed by atoms with E-state index in [1.807, 2.05) is 53.3 Å². The molecule has 0 bridgehead atoms. The summed E-state index contributed by atoms with van der Waals surface area (Å²) in [5, 5.41) is 14.1. The van der Waals surface area contributed by atoms with Gasteiger partial charge in [0.15, 0.2) is 0 Å². The SMILES string of the molecule is CCCN(CCO)Cc1cn(-c2ccccc2)nc1-c1cccnc1. The van der Waals surface area contributed by atoms with Gasteiger partial charge in [-0.3, -0.25) is 9.88 Å². The summed E-state index contributed by atoms with van der Waals surface area (Å²) in [6.07, 6.45) is 6.75. The van der Waals surface area contributed by atoms with E-state index in [1.54, 1.807) is 6.20 Å². The molecule has 0 aliphatic heterocycles. The van der Waals surface area contributed by atoms with Crippen LogP contribution in [0.1, 0.15) is 18.9 Å². The lowest BCUT2D eigenvalue weighted by molar-refractivity contribution is 0.190. The van der Waals surface area contributed by atoms with Gasteiger partial charge in [0.25, 0.3) is 0 Å². The van der Waals surface area contributed by atoms with Gasteiger partial charge in [-0.1, -0.05) is 25.1 Å². The van der Waals surface area contributed by atoms with Crippen molar-refractivity contribution in [3.05, 3.63) is 66.6 Å². The molecule has 0 atom stereocenters. The molecular weight excluding hydrogens is 312 g/mol. The molecule has 2 heterocycles. The van der Waals surface area contributed by atoms with Crippen LogP contribution in [0.15, 0.2) is 61.1 Å². The van der Waals surface area contributed by atoms with Crippen LogP contribution < -0.4 is 0 Å². The molecule has 3 aromatic rings. The third kappa shape index (κ3) is 4.32. The van der Waals surface area contributed by atoms with Crippen molar-refractivity contribution in [2.75, 3.05) is 19.7 Å². The Bertz CT molecular complexity index is 765. The highest BCUT2D eigenvalue weighted by molar-refractivity contribution is 5.62. The Hall–Kier alpha value is -2.50. The third-order valence-electron chi connectivity index (χ3n) is 4.10. The summed E-state index contributed by atoms with van der Waals surface area (Å²) in [7, 11) is 0. The smallest absolute Gasteiger partial charge is 0.0988 e. The molecule has 0 saturated heterocycles. The maximum atomic E-state index is 9.34. The van der Waals surface area contributed by atoms with Crippen molar-refractivity contribution in [1.29, 1.82) is 0 Å². The van der Waals surface area contributed by atoms with Crippen molar-refractivity contribution in [1.82, 2.24) is 19.7 Å². The molecule has 5 nitrogen and oxygen atoms in total. The first-order valence-corrected chi connectivity index (χ1v) is 8.69. The molecule has 0 aliphatic carbocycles. The quantitative estimate of drug-likeness (QED) is 0.687. The van der Waals surface area contributed by atoms with Gasteiger partial charge in [0.1, 0.15) is 0 Å². The fourth-order valence-corrected chi connectivity index (χ4v) is 2.95. The van der Waals surface area contributed by atoms with Gasteiger partial charge in [-0.25, -0.2) is 4.68 Å². The summed E-state index contributed by atoms with van der Waals surface area (Å²) < 4.78 is 1.92. The van der Waals surface area contributed by atoms with Gasteiger partial charge in [-0.15, -0.1) is 0 Å². The lowest BCUT2D eigenvalue weighted by Gasteiger charge is -2.20. The predicted octanol–water partition coefficient (Wildman–Crippen LogP) is 3.14. The monoisotopic (exact) mass is 336 g/mol. The summed E-state index contributed by atoms with van der Waals surface area (Å²) in [6.45, 7) is 4.68. The number of benzene rings is 1. The van der Waals surface area contributed by atoms with Gasteiger partial charge < -0.3 is 5.11 Å². The minimum absolute atomic E-state index is 0.162. The normalized spacial score (nSPS) is 11.2. The van der Waals surface area contributed by atoms with E-state index in [4.69, 9.17) is 5.10 Å². The Kier molecular flexibility index (Phi) is 5.93. The number of nitrogens with zero attached hydrogens (tertiary/aromatic N) is 4. The minimum atomic E-state index is 0.162. The van der Waals surface area contributed by atoms with Gasteiger partial charge in [0, 0.05) is 42.8 Å². The molecule has 0 aliphatic rings. The number of aromatic nitrogens is 3. The van der Waals surface area contributed by atoms with Crippen molar-refractivity contribution in [2.45, 2.75) is 19.9 Å². The fourth-order valence-electron chi connectivity index (χ4n) is 2.95. The van der Waals surface area contributed by atoms with Gasteiger partial charge >= 0.3 is 0 Å². The van der Waals surface area contributed by atoms with Crippen LogP contribution in [-0.4, -0.2) is 44.5 Å². The maximum Gasteiger partial charge on any atom is 0.0988 e. The molecule has 5 heteroatoms. The summed E-state index contributed by atoms with van der Waals surface area (Å²) in [6, 6.07) is 14.1. The summed E-state index contributed by atoms with van der Waals surface area (Å²) in [5.74, 6) is 0. The number of pyridine rings is 1. The van der Waals surface area contributed by atoms with Crippen LogP contribution in [0.3, 0.4) is 0 Å². The first kappa shape index (κ1) is 17.3. The molecule has 0 spiro atoms. The Morgan fingerprint density at radius 1 is 1.08 bits per heavy atom. The summed E-state index contributed by atoms with van der Waals surface area (Å²) in [4.78, 5) is 6.49.